The van der Waals surface area contributed by atoms with Gasteiger partial charge in [-0.3, -0.25) is 14.8 Å². The van der Waals surface area contributed by atoms with Crippen LogP contribution in [0, 0.1) is 0 Å². The number of aromatic nitrogens is 1. The fourth-order valence-electron chi connectivity index (χ4n) is 2.29. The Kier molecular flexibility index (Phi) is 4.38. The third kappa shape index (κ3) is 3.23. The van der Waals surface area contributed by atoms with Crippen molar-refractivity contribution < 1.29 is 5.21 Å². The zero-order valence-corrected chi connectivity index (χ0v) is 12.2. The topological polar surface area (TPSA) is 78.0 Å². The molecule has 0 aromatic carbocycles. The average Bonchev–Trinajstić information content (AvgIpc) is 2.91. The molecule has 0 amide bonds. The Morgan fingerprint density at radius 3 is 2.68 bits per heavy atom. The summed E-state index contributed by atoms with van der Waals surface area (Å²) in [6.45, 7) is 8.74. The first-order valence-electron chi connectivity index (χ1n) is 6.37. The molecule has 7 heteroatoms. The number of hydrogen-bond donors (Lipinski definition) is 2. The van der Waals surface area contributed by atoms with E-state index in [0.717, 1.165) is 32.7 Å². The van der Waals surface area contributed by atoms with Crippen LogP contribution in [0.25, 0.3) is 0 Å². The van der Waals surface area contributed by atoms with Crippen molar-refractivity contribution in [2.24, 2.45) is 10.9 Å². The molecule has 2 rings (SSSR count). The number of nitrogens with two attached hydrogens (primary N) is 1. The highest BCUT2D eigenvalue weighted by Gasteiger charge is 2.33. The molecular weight excluding hydrogens is 262 g/mol. The summed E-state index contributed by atoms with van der Waals surface area (Å²) in [5, 5.41) is 12.0. The zero-order valence-electron chi connectivity index (χ0n) is 11.4. The van der Waals surface area contributed by atoms with E-state index in [-0.39, 0.29) is 5.84 Å². The van der Waals surface area contributed by atoms with E-state index in [2.05, 4.69) is 19.9 Å². The van der Waals surface area contributed by atoms with Crippen LogP contribution in [0.5, 0.6) is 0 Å². The van der Waals surface area contributed by atoms with Gasteiger partial charge in [-0.05, 0) is 13.8 Å². The van der Waals surface area contributed by atoms with Crippen molar-refractivity contribution >= 4 is 17.2 Å². The van der Waals surface area contributed by atoms with Gasteiger partial charge in [-0.25, -0.2) is 0 Å². The molecule has 1 aromatic rings. The highest BCUT2D eigenvalue weighted by molar-refractivity contribution is 7.09. The van der Waals surface area contributed by atoms with Gasteiger partial charge in [0.05, 0.1) is 11.0 Å². The SMILES string of the molecule is CC(C)(C(N)=NO)N1CCN(Cc2cncs2)CC1. The fourth-order valence-corrected chi connectivity index (χ4v) is 2.93. The molecule has 0 saturated carbocycles. The molecule has 0 atom stereocenters. The second-order valence-corrected chi connectivity index (χ2v) is 6.25. The summed E-state index contributed by atoms with van der Waals surface area (Å²) >= 11 is 1.69. The van der Waals surface area contributed by atoms with Crippen molar-refractivity contribution in [3.8, 4) is 0 Å². The van der Waals surface area contributed by atoms with E-state index in [4.69, 9.17) is 10.9 Å². The predicted octanol–water partition coefficient (Wildman–Crippen LogP) is 0.786. The summed E-state index contributed by atoms with van der Waals surface area (Å²) in [6, 6.07) is 0. The largest absolute Gasteiger partial charge is 0.409 e. The maximum absolute atomic E-state index is 8.84. The molecule has 106 valence electrons. The van der Waals surface area contributed by atoms with E-state index < -0.39 is 5.54 Å². The zero-order chi connectivity index (χ0) is 13.9. The van der Waals surface area contributed by atoms with Gasteiger partial charge in [0.25, 0.3) is 0 Å². The molecule has 6 nitrogen and oxygen atoms in total. The van der Waals surface area contributed by atoms with E-state index in [9.17, 15) is 0 Å². The third-order valence-electron chi connectivity index (χ3n) is 3.76. The Hall–Kier alpha value is -1.18. The molecular formula is C12H21N5OS. The molecule has 1 saturated heterocycles. The number of amidine groups is 1. The molecule has 1 aliphatic rings. The lowest BCUT2D eigenvalue weighted by Gasteiger charge is -2.43. The molecule has 1 aliphatic heterocycles. The van der Waals surface area contributed by atoms with Crippen molar-refractivity contribution in [1.29, 1.82) is 0 Å². The van der Waals surface area contributed by atoms with Crippen molar-refractivity contribution in [3.63, 3.8) is 0 Å². The van der Waals surface area contributed by atoms with Gasteiger partial charge in [0.2, 0.25) is 0 Å². The van der Waals surface area contributed by atoms with E-state index in [1.165, 1.54) is 4.88 Å². The number of hydrogen-bond acceptors (Lipinski definition) is 6. The van der Waals surface area contributed by atoms with E-state index >= 15 is 0 Å². The molecule has 1 aromatic heterocycles. The first kappa shape index (κ1) is 14.2. The van der Waals surface area contributed by atoms with E-state index in [1.54, 1.807) is 11.3 Å². The third-order valence-corrected chi connectivity index (χ3v) is 4.52. The maximum atomic E-state index is 8.84. The number of thiazole rings is 1. The Morgan fingerprint density at radius 1 is 1.47 bits per heavy atom. The minimum Gasteiger partial charge on any atom is -0.409 e. The number of rotatable bonds is 4. The highest BCUT2D eigenvalue weighted by Crippen LogP contribution is 2.19. The van der Waals surface area contributed by atoms with Gasteiger partial charge in [-0.15, -0.1) is 11.3 Å². The number of nitrogens with zero attached hydrogens (tertiary/aromatic N) is 4. The quantitative estimate of drug-likeness (QED) is 0.370. The van der Waals surface area contributed by atoms with Gasteiger partial charge in [0, 0.05) is 43.8 Å². The molecule has 0 radical (unpaired) electrons. The first-order valence-corrected chi connectivity index (χ1v) is 7.25. The molecule has 0 unspecified atom stereocenters. The Labute approximate surface area is 117 Å². The highest BCUT2D eigenvalue weighted by atomic mass is 32.1. The number of oxime groups is 1. The monoisotopic (exact) mass is 283 g/mol. The number of piperazine rings is 1. The van der Waals surface area contributed by atoms with Crippen LogP contribution in [-0.4, -0.2) is 57.5 Å². The Balaban J connectivity index is 1.89. The molecule has 3 N–H and O–H groups in total. The molecule has 19 heavy (non-hydrogen) atoms. The molecule has 0 aliphatic carbocycles. The van der Waals surface area contributed by atoms with Crippen molar-refractivity contribution in [2.45, 2.75) is 25.9 Å². The van der Waals surface area contributed by atoms with Crippen molar-refractivity contribution in [3.05, 3.63) is 16.6 Å². The Bertz CT molecular complexity index is 423. The predicted molar refractivity (Wildman–Crippen MR) is 76.5 cm³/mol. The minimum absolute atomic E-state index is 0.267. The summed E-state index contributed by atoms with van der Waals surface area (Å²) < 4.78 is 0. The molecule has 0 spiro atoms. The van der Waals surface area contributed by atoms with Crippen LogP contribution in [0.1, 0.15) is 18.7 Å². The summed E-state index contributed by atoms with van der Waals surface area (Å²) in [6.07, 6.45) is 1.93. The second kappa shape index (κ2) is 5.85. The normalized spacial score (nSPS) is 19.8. The van der Waals surface area contributed by atoms with Gasteiger partial charge in [-0.2, -0.15) is 0 Å². The van der Waals surface area contributed by atoms with Crippen molar-refractivity contribution in [2.75, 3.05) is 26.2 Å². The lowest BCUT2D eigenvalue weighted by molar-refractivity contribution is 0.0799. The van der Waals surface area contributed by atoms with Crippen LogP contribution in [0.4, 0.5) is 0 Å². The van der Waals surface area contributed by atoms with Gasteiger partial charge in [0.1, 0.15) is 0 Å². The van der Waals surface area contributed by atoms with Crippen LogP contribution in [0.3, 0.4) is 0 Å². The molecule has 0 bridgehead atoms. The van der Waals surface area contributed by atoms with Crippen LogP contribution < -0.4 is 5.73 Å². The molecule has 2 heterocycles. The minimum atomic E-state index is -0.397. The van der Waals surface area contributed by atoms with Gasteiger partial charge in [0.15, 0.2) is 5.84 Å². The summed E-state index contributed by atoms with van der Waals surface area (Å²) in [4.78, 5) is 10.1. The van der Waals surface area contributed by atoms with Gasteiger partial charge >= 0.3 is 0 Å². The van der Waals surface area contributed by atoms with Crippen molar-refractivity contribution in [1.82, 2.24) is 14.8 Å². The Morgan fingerprint density at radius 2 is 2.16 bits per heavy atom. The molecule has 1 fully saturated rings. The average molecular weight is 283 g/mol. The van der Waals surface area contributed by atoms with Crippen LogP contribution in [0.2, 0.25) is 0 Å². The first-order chi connectivity index (χ1) is 9.04. The smallest absolute Gasteiger partial charge is 0.159 e. The van der Waals surface area contributed by atoms with Gasteiger partial charge < -0.3 is 10.9 Å². The summed E-state index contributed by atoms with van der Waals surface area (Å²) in [5.41, 5.74) is 7.23. The fraction of sp³-hybridized carbons (Fsp3) is 0.667. The summed E-state index contributed by atoms with van der Waals surface area (Å²) in [7, 11) is 0. The van der Waals surface area contributed by atoms with E-state index in [0.29, 0.717) is 0 Å². The van der Waals surface area contributed by atoms with Crippen LogP contribution in [-0.2, 0) is 6.54 Å². The van der Waals surface area contributed by atoms with Crippen LogP contribution >= 0.6 is 11.3 Å². The lowest BCUT2D eigenvalue weighted by atomic mass is 10.0. The maximum Gasteiger partial charge on any atom is 0.159 e. The summed E-state index contributed by atoms with van der Waals surface area (Å²) in [5.74, 6) is 0.267. The van der Waals surface area contributed by atoms with Crippen LogP contribution in [0.15, 0.2) is 16.9 Å². The standard InChI is InChI=1S/C12H21N5OS/c1-12(2,11(13)15-18)17-5-3-16(4-6-17)8-10-7-14-9-19-10/h7,9,18H,3-6,8H2,1-2H3,(H2,13,15). The van der Waals surface area contributed by atoms with Gasteiger partial charge in [-0.1, -0.05) is 5.16 Å². The second-order valence-electron chi connectivity index (χ2n) is 5.28. The van der Waals surface area contributed by atoms with E-state index in [1.807, 2.05) is 25.6 Å². The lowest BCUT2D eigenvalue weighted by Crippen LogP contribution is -2.59.